The molecule has 16 heavy (non-hydrogen) atoms. The van der Waals surface area contributed by atoms with Gasteiger partial charge in [-0.05, 0) is 23.8 Å². The molecule has 0 radical (unpaired) electrons. The molecule has 4 nitrogen and oxygen atoms in total. The molecule has 1 aromatic carbocycles. The second kappa shape index (κ2) is 4.14. The van der Waals surface area contributed by atoms with Crippen LogP contribution < -0.4 is 11.3 Å². The van der Waals surface area contributed by atoms with Gasteiger partial charge in [0.05, 0.1) is 6.54 Å². The largest absolute Gasteiger partial charge is 0.394 e. The van der Waals surface area contributed by atoms with Crippen molar-refractivity contribution in [2.45, 2.75) is 6.54 Å². The molecule has 1 aromatic heterocycles. The SMILES string of the molecule is Nc1ccnn(Cc2ccc(F)cc2)c1=O. The van der Waals surface area contributed by atoms with Gasteiger partial charge < -0.3 is 5.73 Å². The van der Waals surface area contributed by atoms with Crippen molar-refractivity contribution in [1.29, 1.82) is 0 Å². The second-order valence-corrected chi connectivity index (χ2v) is 3.38. The molecule has 0 bridgehead atoms. The van der Waals surface area contributed by atoms with Gasteiger partial charge in [0.25, 0.3) is 5.56 Å². The normalized spacial score (nSPS) is 10.3. The highest BCUT2D eigenvalue weighted by Crippen LogP contribution is 2.03. The molecule has 0 saturated carbocycles. The van der Waals surface area contributed by atoms with E-state index in [-0.39, 0.29) is 23.6 Å². The fourth-order valence-electron chi connectivity index (χ4n) is 1.34. The summed E-state index contributed by atoms with van der Waals surface area (Å²) in [5.74, 6) is -0.309. The van der Waals surface area contributed by atoms with Crippen LogP contribution in [0, 0.1) is 5.82 Å². The van der Waals surface area contributed by atoms with Crippen molar-refractivity contribution in [2.24, 2.45) is 0 Å². The number of rotatable bonds is 2. The number of benzene rings is 1. The topological polar surface area (TPSA) is 60.9 Å². The summed E-state index contributed by atoms with van der Waals surface area (Å²) in [4.78, 5) is 11.5. The minimum absolute atomic E-state index is 0.150. The average Bonchev–Trinajstić information content (AvgIpc) is 2.28. The number of halogens is 1. The van der Waals surface area contributed by atoms with Gasteiger partial charge in [0.15, 0.2) is 0 Å². The molecule has 0 amide bonds. The summed E-state index contributed by atoms with van der Waals surface area (Å²) in [5.41, 5.74) is 6.07. The first-order valence-electron chi connectivity index (χ1n) is 4.73. The maximum absolute atomic E-state index is 12.7. The highest BCUT2D eigenvalue weighted by Gasteiger charge is 2.01. The van der Waals surface area contributed by atoms with Gasteiger partial charge in [-0.25, -0.2) is 9.07 Å². The third kappa shape index (κ3) is 2.08. The molecule has 1 heterocycles. The van der Waals surface area contributed by atoms with Gasteiger partial charge in [-0.3, -0.25) is 4.79 Å². The molecule has 2 aromatic rings. The maximum atomic E-state index is 12.7. The summed E-state index contributed by atoms with van der Waals surface area (Å²) < 4.78 is 13.9. The summed E-state index contributed by atoms with van der Waals surface area (Å²) in [6, 6.07) is 7.34. The lowest BCUT2D eigenvalue weighted by molar-refractivity contribution is 0.619. The van der Waals surface area contributed by atoms with E-state index in [0.29, 0.717) is 0 Å². The third-order valence-electron chi connectivity index (χ3n) is 2.19. The Labute approximate surface area is 91.1 Å². The molecule has 0 fully saturated rings. The van der Waals surface area contributed by atoms with Crippen molar-refractivity contribution in [3.8, 4) is 0 Å². The molecule has 0 aliphatic carbocycles. The van der Waals surface area contributed by atoms with Gasteiger partial charge in [0.1, 0.15) is 11.5 Å². The van der Waals surface area contributed by atoms with Crippen molar-refractivity contribution >= 4 is 5.69 Å². The summed E-state index contributed by atoms with van der Waals surface area (Å²) in [7, 11) is 0. The summed E-state index contributed by atoms with van der Waals surface area (Å²) in [5, 5.41) is 3.89. The summed E-state index contributed by atoms with van der Waals surface area (Å²) in [6.07, 6.45) is 1.46. The quantitative estimate of drug-likeness (QED) is 0.820. The zero-order valence-corrected chi connectivity index (χ0v) is 8.43. The highest BCUT2D eigenvalue weighted by atomic mass is 19.1. The fourth-order valence-corrected chi connectivity index (χ4v) is 1.34. The van der Waals surface area contributed by atoms with Gasteiger partial charge >= 0.3 is 0 Å². The monoisotopic (exact) mass is 219 g/mol. The molecule has 0 atom stereocenters. The minimum atomic E-state index is -0.341. The van der Waals surface area contributed by atoms with E-state index >= 15 is 0 Å². The second-order valence-electron chi connectivity index (χ2n) is 3.38. The third-order valence-corrected chi connectivity index (χ3v) is 2.19. The van der Waals surface area contributed by atoms with Crippen LogP contribution in [0.2, 0.25) is 0 Å². The Morgan fingerprint density at radius 2 is 1.94 bits per heavy atom. The van der Waals surface area contributed by atoms with Crippen LogP contribution in [-0.2, 0) is 6.54 Å². The Balaban J connectivity index is 2.31. The van der Waals surface area contributed by atoms with Crippen LogP contribution in [0.15, 0.2) is 41.3 Å². The number of hydrogen-bond donors (Lipinski definition) is 1. The molecule has 2 N–H and O–H groups in total. The molecule has 5 heteroatoms. The molecule has 0 spiro atoms. The first-order valence-corrected chi connectivity index (χ1v) is 4.73. The molecule has 2 rings (SSSR count). The number of nitrogen functional groups attached to an aromatic ring is 1. The van der Waals surface area contributed by atoms with Gasteiger partial charge in [-0.2, -0.15) is 5.10 Å². The van der Waals surface area contributed by atoms with Gasteiger partial charge in [0.2, 0.25) is 0 Å². The standard InChI is InChI=1S/C11H10FN3O/c12-9-3-1-8(2-4-9)7-15-11(16)10(13)5-6-14-15/h1-6H,7,13H2. The van der Waals surface area contributed by atoms with Crippen LogP contribution in [0.25, 0.3) is 0 Å². The fraction of sp³-hybridized carbons (Fsp3) is 0.0909. The number of nitrogens with zero attached hydrogens (tertiary/aromatic N) is 2. The molecule has 82 valence electrons. The Hall–Kier alpha value is -2.17. The lowest BCUT2D eigenvalue weighted by Gasteiger charge is -2.04. The van der Waals surface area contributed by atoms with E-state index in [0.717, 1.165) is 5.56 Å². The van der Waals surface area contributed by atoms with Gasteiger partial charge in [0, 0.05) is 6.20 Å². The van der Waals surface area contributed by atoms with Crippen LogP contribution in [0.1, 0.15) is 5.56 Å². The predicted molar refractivity (Wildman–Crippen MR) is 58.4 cm³/mol. The predicted octanol–water partition coefficient (Wildman–Crippen LogP) is 1.01. The molecule has 0 unspecified atom stereocenters. The van der Waals surface area contributed by atoms with Crippen molar-refractivity contribution in [3.63, 3.8) is 0 Å². The van der Waals surface area contributed by atoms with Crippen LogP contribution >= 0.6 is 0 Å². The minimum Gasteiger partial charge on any atom is -0.394 e. The van der Waals surface area contributed by atoms with Crippen LogP contribution in [0.3, 0.4) is 0 Å². The lowest BCUT2D eigenvalue weighted by Crippen LogP contribution is -2.25. The Kier molecular flexibility index (Phi) is 2.68. The zero-order valence-electron chi connectivity index (χ0n) is 8.43. The van der Waals surface area contributed by atoms with E-state index in [1.807, 2.05) is 0 Å². The van der Waals surface area contributed by atoms with E-state index in [1.54, 1.807) is 12.1 Å². The average molecular weight is 219 g/mol. The van der Waals surface area contributed by atoms with E-state index in [9.17, 15) is 9.18 Å². The van der Waals surface area contributed by atoms with Crippen LogP contribution in [0.5, 0.6) is 0 Å². The Morgan fingerprint density at radius 1 is 1.25 bits per heavy atom. The van der Waals surface area contributed by atoms with Crippen LogP contribution in [0.4, 0.5) is 10.1 Å². The molecule has 0 aliphatic rings. The smallest absolute Gasteiger partial charge is 0.290 e. The first-order chi connectivity index (χ1) is 7.66. The molecule has 0 saturated heterocycles. The number of nitrogens with two attached hydrogens (primary N) is 1. The van der Waals surface area contributed by atoms with Gasteiger partial charge in [-0.1, -0.05) is 12.1 Å². The zero-order chi connectivity index (χ0) is 11.5. The first kappa shape index (κ1) is 10.4. The van der Waals surface area contributed by atoms with Crippen molar-refractivity contribution in [1.82, 2.24) is 9.78 Å². The maximum Gasteiger partial charge on any atom is 0.290 e. The van der Waals surface area contributed by atoms with E-state index in [1.165, 1.54) is 29.1 Å². The molecule has 0 aliphatic heterocycles. The van der Waals surface area contributed by atoms with E-state index in [4.69, 9.17) is 5.73 Å². The summed E-state index contributed by atoms with van der Waals surface area (Å²) in [6.45, 7) is 0.282. The van der Waals surface area contributed by atoms with Crippen LogP contribution in [-0.4, -0.2) is 9.78 Å². The molecular weight excluding hydrogens is 209 g/mol. The van der Waals surface area contributed by atoms with Crippen molar-refractivity contribution < 1.29 is 4.39 Å². The summed E-state index contributed by atoms with van der Waals surface area (Å²) >= 11 is 0. The highest BCUT2D eigenvalue weighted by molar-refractivity contribution is 5.32. The van der Waals surface area contributed by atoms with E-state index in [2.05, 4.69) is 5.10 Å². The van der Waals surface area contributed by atoms with E-state index < -0.39 is 0 Å². The number of hydrogen-bond acceptors (Lipinski definition) is 3. The lowest BCUT2D eigenvalue weighted by atomic mass is 10.2. The van der Waals surface area contributed by atoms with Crippen molar-refractivity contribution in [2.75, 3.05) is 5.73 Å². The Morgan fingerprint density at radius 3 is 2.62 bits per heavy atom. The Bertz CT molecular complexity index is 548. The number of aromatic nitrogens is 2. The van der Waals surface area contributed by atoms with Crippen molar-refractivity contribution in [3.05, 3.63) is 58.3 Å². The van der Waals surface area contributed by atoms with Gasteiger partial charge in [-0.15, -0.1) is 0 Å². The number of anilines is 1. The molecular formula is C11H10FN3O.